The molecule has 0 aliphatic carbocycles. The Balaban J connectivity index is 2.25. The lowest BCUT2D eigenvalue weighted by atomic mass is 10.0. The highest BCUT2D eigenvalue weighted by Crippen LogP contribution is 2.25. The fourth-order valence-electron chi connectivity index (χ4n) is 2.10. The predicted octanol–water partition coefficient (Wildman–Crippen LogP) is 4.19. The number of fused-ring (bicyclic) bond motifs is 2. The second-order valence-corrected chi connectivity index (χ2v) is 4.06. The SMILES string of the molecule is CCOc1c[c]c2cc3ccccc3cc2c1. The van der Waals surface area contributed by atoms with E-state index in [0.717, 1.165) is 11.1 Å². The van der Waals surface area contributed by atoms with Crippen LogP contribution >= 0.6 is 0 Å². The summed E-state index contributed by atoms with van der Waals surface area (Å²) < 4.78 is 5.49. The maximum absolute atomic E-state index is 5.49. The van der Waals surface area contributed by atoms with Crippen LogP contribution in [0.1, 0.15) is 6.92 Å². The van der Waals surface area contributed by atoms with Gasteiger partial charge in [0.2, 0.25) is 0 Å². The van der Waals surface area contributed by atoms with Crippen LogP contribution in [0.2, 0.25) is 0 Å². The second-order valence-electron chi connectivity index (χ2n) is 4.06. The monoisotopic (exact) mass is 221 g/mol. The highest BCUT2D eigenvalue weighted by atomic mass is 16.5. The van der Waals surface area contributed by atoms with Crippen molar-refractivity contribution in [3.63, 3.8) is 0 Å². The Hall–Kier alpha value is -2.02. The van der Waals surface area contributed by atoms with Gasteiger partial charge in [-0.25, -0.2) is 0 Å². The van der Waals surface area contributed by atoms with E-state index in [2.05, 4.69) is 48.5 Å². The van der Waals surface area contributed by atoms with Crippen molar-refractivity contribution in [1.82, 2.24) is 0 Å². The normalized spacial score (nSPS) is 10.9. The van der Waals surface area contributed by atoms with Crippen LogP contribution in [-0.4, -0.2) is 6.61 Å². The lowest BCUT2D eigenvalue weighted by Gasteiger charge is -2.05. The molecule has 0 aliphatic heterocycles. The molecular formula is C16H13O. The van der Waals surface area contributed by atoms with Gasteiger partial charge in [0.1, 0.15) is 5.75 Å². The smallest absolute Gasteiger partial charge is 0.120 e. The molecule has 0 amide bonds. The third kappa shape index (κ3) is 1.84. The van der Waals surface area contributed by atoms with Crippen LogP contribution in [0.3, 0.4) is 0 Å². The summed E-state index contributed by atoms with van der Waals surface area (Å²) in [6.45, 7) is 2.68. The van der Waals surface area contributed by atoms with Gasteiger partial charge in [0, 0.05) is 0 Å². The first kappa shape index (κ1) is 10.2. The molecule has 1 nitrogen and oxygen atoms in total. The Bertz CT molecular complexity index is 670. The van der Waals surface area contributed by atoms with Crippen LogP contribution in [0.25, 0.3) is 21.5 Å². The van der Waals surface area contributed by atoms with Gasteiger partial charge in [-0.15, -0.1) is 0 Å². The molecule has 0 aromatic heterocycles. The van der Waals surface area contributed by atoms with Crippen molar-refractivity contribution in [2.75, 3.05) is 6.61 Å². The van der Waals surface area contributed by atoms with Gasteiger partial charge in [0.15, 0.2) is 0 Å². The van der Waals surface area contributed by atoms with E-state index in [0.29, 0.717) is 6.61 Å². The highest BCUT2D eigenvalue weighted by Gasteiger charge is 2.00. The van der Waals surface area contributed by atoms with E-state index in [9.17, 15) is 0 Å². The van der Waals surface area contributed by atoms with Crippen molar-refractivity contribution in [1.29, 1.82) is 0 Å². The zero-order valence-electron chi connectivity index (χ0n) is 9.73. The largest absolute Gasteiger partial charge is 0.494 e. The van der Waals surface area contributed by atoms with Crippen LogP contribution < -0.4 is 4.74 Å². The number of ether oxygens (including phenoxy) is 1. The predicted molar refractivity (Wildman–Crippen MR) is 71.5 cm³/mol. The highest BCUT2D eigenvalue weighted by molar-refractivity contribution is 5.98. The summed E-state index contributed by atoms with van der Waals surface area (Å²) in [5, 5.41) is 4.81. The lowest BCUT2D eigenvalue weighted by molar-refractivity contribution is 0.340. The Morgan fingerprint density at radius 1 is 1.00 bits per heavy atom. The molecule has 17 heavy (non-hydrogen) atoms. The van der Waals surface area contributed by atoms with Crippen LogP contribution in [0.4, 0.5) is 0 Å². The van der Waals surface area contributed by atoms with Crippen LogP contribution in [0, 0.1) is 6.07 Å². The van der Waals surface area contributed by atoms with Gasteiger partial charge >= 0.3 is 0 Å². The molecule has 3 aromatic carbocycles. The number of benzene rings is 3. The van der Waals surface area contributed by atoms with E-state index in [-0.39, 0.29) is 0 Å². The Morgan fingerprint density at radius 2 is 1.76 bits per heavy atom. The van der Waals surface area contributed by atoms with E-state index < -0.39 is 0 Å². The molecule has 1 radical (unpaired) electrons. The third-order valence-electron chi connectivity index (χ3n) is 2.90. The molecule has 0 unspecified atom stereocenters. The average Bonchev–Trinajstić information content (AvgIpc) is 2.36. The minimum Gasteiger partial charge on any atom is -0.494 e. The van der Waals surface area contributed by atoms with E-state index >= 15 is 0 Å². The van der Waals surface area contributed by atoms with Crippen molar-refractivity contribution in [3.8, 4) is 5.75 Å². The lowest BCUT2D eigenvalue weighted by Crippen LogP contribution is -1.90. The van der Waals surface area contributed by atoms with Crippen molar-refractivity contribution in [2.24, 2.45) is 0 Å². The van der Waals surface area contributed by atoms with Gasteiger partial charge in [0.25, 0.3) is 0 Å². The Labute approximate surface area is 101 Å². The summed E-state index contributed by atoms with van der Waals surface area (Å²) >= 11 is 0. The fraction of sp³-hybridized carbons (Fsp3) is 0.125. The molecule has 3 rings (SSSR count). The van der Waals surface area contributed by atoms with Crippen molar-refractivity contribution < 1.29 is 4.74 Å². The standard InChI is InChI=1S/C16H13O/c1-2-17-16-8-7-14-9-12-5-3-4-6-13(12)10-15(14)11-16/h3-6,8-11H,2H2,1H3. The van der Waals surface area contributed by atoms with Crippen LogP contribution in [0.5, 0.6) is 5.75 Å². The molecule has 0 heterocycles. The van der Waals surface area contributed by atoms with Crippen molar-refractivity contribution in [3.05, 3.63) is 54.6 Å². The summed E-state index contributed by atoms with van der Waals surface area (Å²) in [6.07, 6.45) is 0. The first-order chi connectivity index (χ1) is 8.36. The molecule has 0 saturated heterocycles. The first-order valence-electron chi connectivity index (χ1n) is 5.84. The third-order valence-corrected chi connectivity index (χ3v) is 2.90. The van der Waals surface area contributed by atoms with Gasteiger partial charge < -0.3 is 4.74 Å². The van der Waals surface area contributed by atoms with Crippen molar-refractivity contribution >= 4 is 21.5 Å². The van der Waals surface area contributed by atoms with Crippen LogP contribution in [-0.2, 0) is 0 Å². The zero-order valence-corrected chi connectivity index (χ0v) is 9.73. The summed E-state index contributed by atoms with van der Waals surface area (Å²) in [5.41, 5.74) is 0. The number of hydrogen-bond acceptors (Lipinski definition) is 1. The fourth-order valence-corrected chi connectivity index (χ4v) is 2.10. The van der Waals surface area contributed by atoms with Gasteiger partial charge in [-0.1, -0.05) is 24.3 Å². The van der Waals surface area contributed by atoms with Gasteiger partial charge in [0.05, 0.1) is 6.61 Å². The molecule has 0 spiro atoms. The topological polar surface area (TPSA) is 9.23 Å². The molecule has 0 atom stereocenters. The second kappa shape index (κ2) is 4.10. The van der Waals surface area contributed by atoms with Crippen molar-refractivity contribution in [2.45, 2.75) is 6.92 Å². The Morgan fingerprint density at radius 3 is 2.53 bits per heavy atom. The molecule has 83 valence electrons. The molecule has 0 fully saturated rings. The number of hydrogen-bond donors (Lipinski definition) is 0. The maximum atomic E-state index is 5.49. The summed E-state index contributed by atoms with van der Waals surface area (Å²) in [4.78, 5) is 0. The molecular weight excluding hydrogens is 208 g/mol. The summed E-state index contributed by atoms with van der Waals surface area (Å²) in [7, 11) is 0. The van der Waals surface area contributed by atoms with E-state index in [4.69, 9.17) is 4.74 Å². The van der Waals surface area contributed by atoms with E-state index in [1.807, 2.05) is 13.0 Å². The molecule has 1 heteroatoms. The summed E-state index contributed by atoms with van der Waals surface area (Å²) in [6, 6.07) is 20.0. The van der Waals surface area contributed by atoms with Gasteiger partial charge in [-0.05, 0) is 58.8 Å². The van der Waals surface area contributed by atoms with Crippen LogP contribution in [0.15, 0.2) is 48.5 Å². The summed E-state index contributed by atoms with van der Waals surface area (Å²) in [5.74, 6) is 0.885. The Kier molecular flexibility index (Phi) is 2.45. The molecule has 0 aliphatic rings. The minimum absolute atomic E-state index is 0.687. The van der Waals surface area contributed by atoms with E-state index in [1.165, 1.54) is 16.2 Å². The van der Waals surface area contributed by atoms with Gasteiger partial charge in [-0.3, -0.25) is 0 Å². The van der Waals surface area contributed by atoms with E-state index in [1.54, 1.807) is 0 Å². The zero-order chi connectivity index (χ0) is 11.7. The molecule has 3 aromatic rings. The molecule has 0 saturated carbocycles. The van der Waals surface area contributed by atoms with Gasteiger partial charge in [-0.2, -0.15) is 0 Å². The first-order valence-corrected chi connectivity index (χ1v) is 5.84. The number of rotatable bonds is 2. The minimum atomic E-state index is 0.687. The average molecular weight is 221 g/mol. The molecule has 0 N–H and O–H groups in total. The maximum Gasteiger partial charge on any atom is 0.120 e. The molecule has 0 bridgehead atoms. The quantitative estimate of drug-likeness (QED) is 0.589.